The first-order valence-corrected chi connectivity index (χ1v) is 4.64. The summed E-state index contributed by atoms with van der Waals surface area (Å²) < 4.78 is 0. The summed E-state index contributed by atoms with van der Waals surface area (Å²) in [6.45, 7) is 3.28. The predicted molar refractivity (Wildman–Crippen MR) is 48.5 cm³/mol. The summed E-state index contributed by atoms with van der Waals surface area (Å²) in [6.07, 6.45) is -0.275. The normalized spacial score (nSPS) is 29.1. The SMILES string of the molecule is C[C@H](O)[C@H](NC(=O)[C@@H]1C[C@H]1C)C(=O)O. The molecule has 1 saturated carbocycles. The maximum atomic E-state index is 11.3. The monoisotopic (exact) mass is 201 g/mol. The van der Waals surface area contributed by atoms with Crippen molar-refractivity contribution in [3.8, 4) is 0 Å². The molecule has 14 heavy (non-hydrogen) atoms. The predicted octanol–water partition coefficient (Wildman–Crippen LogP) is -0.407. The second kappa shape index (κ2) is 3.96. The zero-order valence-corrected chi connectivity index (χ0v) is 8.23. The van der Waals surface area contributed by atoms with E-state index in [1.165, 1.54) is 6.92 Å². The zero-order valence-electron chi connectivity index (χ0n) is 8.23. The van der Waals surface area contributed by atoms with Gasteiger partial charge < -0.3 is 15.5 Å². The molecule has 5 heteroatoms. The Bertz CT molecular complexity index is 251. The molecule has 1 amide bonds. The molecule has 0 aliphatic heterocycles. The molecular formula is C9H15NO4. The summed E-state index contributed by atoms with van der Waals surface area (Å²) in [6, 6.07) is -1.20. The number of carbonyl (C=O) groups is 2. The Labute approximate surface area is 82.1 Å². The van der Waals surface area contributed by atoms with Crippen LogP contribution in [0.2, 0.25) is 0 Å². The van der Waals surface area contributed by atoms with Gasteiger partial charge in [-0.3, -0.25) is 4.79 Å². The molecule has 0 saturated heterocycles. The van der Waals surface area contributed by atoms with Crippen molar-refractivity contribution in [3.63, 3.8) is 0 Å². The third kappa shape index (κ3) is 2.45. The molecule has 1 rings (SSSR count). The van der Waals surface area contributed by atoms with Crippen molar-refractivity contribution in [1.82, 2.24) is 5.32 Å². The molecule has 0 bridgehead atoms. The van der Waals surface area contributed by atoms with E-state index < -0.39 is 18.1 Å². The number of aliphatic hydroxyl groups excluding tert-OH is 1. The van der Waals surface area contributed by atoms with Gasteiger partial charge in [0.25, 0.3) is 0 Å². The Balaban J connectivity index is 2.47. The van der Waals surface area contributed by atoms with E-state index in [0.717, 1.165) is 6.42 Å². The van der Waals surface area contributed by atoms with Gasteiger partial charge in [-0.1, -0.05) is 6.92 Å². The molecule has 0 aromatic heterocycles. The minimum absolute atomic E-state index is 0.0735. The number of rotatable bonds is 4. The van der Waals surface area contributed by atoms with Gasteiger partial charge in [0.05, 0.1) is 6.10 Å². The Morgan fingerprint density at radius 1 is 1.50 bits per heavy atom. The second-order valence-corrected chi connectivity index (χ2v) is 3.88. The van der Waals surface area contributed by atoms with Gasteiger partial charge in [0.2, 0.25) is 5.91 Å². The number of aliphatic carboxylic acids is 1. The fourth-order valence-corrected chi connectivity index (χ4v) is 1.34. The Morgan fingerprint density at radius 2 is 2.00 bits per heavy atom. The number of aliphatic hydroxyl groups is 1. The van der Waals surface area contributed by atoms with Crippen molar-refractivity contribution in [3.05, 3.63) is 0 Å². The van der Waals surface area contributed by atoms with Crippen LogP contribution in [0.5, 0.6) is 0 Å². The van der Waals surface area contributed by atoms with E-state index in [9.17, 15) is 9.59 Å². The molecular weight excluding hydrogens is 186 g/mol. The zero-order chi connectivity index (χ0) is 10.9. The van der Waals surface area contributed by atoms with Crippen molar-refractivity contribution in [2.75, 3.05) is 0 Å². The van der Waals surface area contributed by atoms with Gasteiger partial charge in [0.1, 0.15) is 0 Å². The summed E-state index contributed by atoms with van der Waals surface area (Å²) in [5.41, 5.74) is 0. The van der Waals surface area contributed by atoms with Crippen LogP contribution in [0.4, 0.5) is 0 Å². The van der Waals surface area contributed by atoms with Crippen molar-refractivity contribution in [2.24, 2.45) is 11.8 Å². The highest BCUT2D eigenvalue weighted by molar-refractivity contribution is 5.86. The molecule has 0 radical (unpaired) electrons. The number of hydrogen-bond acceptors (Lipinski definition) is 3. The van der Waals surface area contributed by atoms with Gasteiger partial charge >= 0.3 is 5.97 Å². The number of hydrogen-bond donors (Lipinski definition) is 3. The molecule has 1 aliphatic carbocycles. The number of carbonyl (C=O) groups excluding carboxylic acids is 1. The Hall–Kier alpha value is -1.10. The van der Waals surface area contributed by atoms with Crippen LogP contribution < -0.4 is 5.32 Å². The van der Waals surface area contributed by atoms with Crippen molar-refractivity contribution in [1.29, 1.82) is 0 Å². The number of carboxylic acid groups (broad SMARTS) is 1. The van der Waals surface area contributed by atoms with Crippen molar-refractivity contribution < 1.29 is 19.8 Å². The van der Waals surface area contributed by atoms with Gasteiger partial charge in [-0.05, 0) is 19.3 Å². The first kappa shape index (κ1) is 11.0. The Kier molecular flexibility index (Phi) is 3.10. The molecule has 80 valence electrons. The van der Waals surface area contributed by atoms with Gasteiger partial charge in [0, 0.05) is 5.92 Å². The molecule has 0 aromatic rings. The average Bonchev–Trinajstić information content (AvgIpc) is 2.76. The topological polar surface area (TPSA) is 86.6 Å². The van der Waals surface area contributed by atoms with E-state index in [-0.39, 0.29) is 11.8 Å². The van der Waals surface area contributed by atoms with E-state index >= 15 is 0 Å². The van der Waals surface area contributed by atoms with Gasteiger partial charge in [-0.2, -0.15) is 0 Å². The highest BCUT2D eigenvalue weighted by atomic mass is 16.4. The van der Waals surface area contributed by atoms with Crippen LogP contribution in [0.25, 0.3) is 0 Å². The fourth-order valence-electron chi connectivity index (χ4n) is 1.34. The van der Waals surface area contributed by atoms with Crippen molar-refractivity contribution >= 4 is 11.9 Å². The van der Waals surface area contributed by atoms with Crippen LogP contribution in [0.1, 0.15) is 20.3 Å². The van der Waals surface area contributed by atoms with Crippen LogP contribution >= 0.6 is 0 Å². The van der Waals surface area contributed by atoms with E-state index in [4.69, 9.17) is 10.2 Å². The van der Waals surface area contributed by atoms with E-state index in [0.29, 0.717) is 5.92 Å². The number of amides is 1. The lowest BCUT2D eigenvalue weighted by molar-refractivity contribution is -0.145. The first-order valence-electron chi connectivity index (χ1n) is 4.64. The minimum Gasteiger partial charge on any atom is -0.480 e. The van der Waals surface area contributed by atoms with E-state index in [2.05, 4.69) is 5.32 Å². The minimum atomic E-state index is -1.21. The third-order valence-electron chi connectivity index (χ3n) is 2.49. The fraction of sp³-hybridized carbons (Fsp3) is 0.778. The first-order chi connectivity index (χ1) is 6.43. The molecule has 3 N–H and O–H groups in total. The van der Waals surface area contributed by atoms with Gasteiger partial charge in [-0.25, -0.2) is 4.79 Å². The molecule has 5 nitrogen and oxygen atoms in total. The third-order valence-corrected chi connectivity index (χ3v) is 2.49. The lowest BCUT2D eigenvalue weighted by Gasteiger charge is -2.16. The molecule has 0 heterocycles. The smallest absolute Gasteiger partial charge is 0.328 e. The maximum absolute atomic E-state index is 11.3. The van der Waals surface area contributed by atoms with Crippen LogP contribution in [0.3, 0.4) is 0 Å². The molecule has 0 unspecified atom stereocenters. The highest BCUT2D eigenvalue weighted by Crippen LogP contribution is 2.37. The lowest BCUT2D eigenvalue weighted by Crippen LogP contribution is -2.48. The standard InChI is InChI=1S/C9H15NO4/c1-4-3-6(4)8(12)10-7(5(2)11)9(13)14/h4-7,11H,3H2,1-2H3,(H,10,12)(H,13,14)/t4-,5+,6-,7+/m1/s1. The lowest BCUT2D eigenvalue weighted by atomic mass is 10.1. The van der Waals surface area contributed by atoms with Gasteiger partial charge in [0.15, 0.2) is 6.04 Å². The van der Waals surface area contributed by atoms with E-state index in [1.54, 1.807) is 0 Å². The summed E-state index contributed by atoms with van der Waals surface area (Å²) >= 11 is 0. The number of nitrogens with one attached hydrogen (secondary N) is 1. The van der Waals surface area contributed by atoms with Crippen LogP contribution in [0, 0.1) is 11.8 Å². The summed E-state index contributed by atoms with van der Waals surface area (Å²) in [4.78, 5) is 22.0. The molecule has 1 fully saturated rings. The van der Waals surface area contributed by atoms with Crippen molar-refractivity contribution in [2.45, 2.75) is 32.4 Å². The molecule has 1 aliphatic rings. The van der Waals surface area contributed by atoms with Crippen LogP contribution in [0.15, 0.2) is 0 Å². The second-order valence-electron chi connectivity index (χ2n) is 3.88. The van der Waals surface area contributed by atoms with Crippen LogP contribution in [-0.4, -0.2) is 34.2 Å². The van der Waals surface area contributed by atoms with E-state index in [1.807, 2.05) is 6.92 Å². The van der Waals surface area contributed by atoms with Gasteiger partial charge in [-0.15, -0.1) is 0 Å². The quantitative estimate of drug-likeness (QED) is 0.577. The number of carboxylic acids is 1. The molecule has 4 atom stereocenters. The largest absolute Gasteiger partial charge is 0.480 e. The Morgan fingerprint density at radius 3 is 2.29 bits per heavy atom. The average molecular weight is 201 g/mol. The molecule has 0 spiro atoms. The highest BCUT2D eigenvalue weighted by Gasteiger charge is 2.41. The summed E-state index contributed by atoms with van der Waals surface area (Å²) in [7, 11) is 0. The summed E-state index contributed by atoms with van der Waals surface area (Å²) in [5.74, 6) is -1.22. The molecule has 0 aromatic carbocycles. The maximum Gasteiger partial charge on any atom is 0.328 e. The van der Waals surface area contributed by atoms with Crippen LogP contribution in [-0.2, 0) is 9.59 Å². The summed E-state index contributed by atoms with van der Waals surface area (Å²) in [5, 5.41) is 20.1.